The van der Waals surface area contributed by atoms with E-state index in [1.807, 2.05) is 24.3 Å². The maximum atomic E-state index is 13.7. The fourth-order valence-electron chi connectivity index (χ4n) is 4.60. The zero-order valence-electron chi connectivity index (χ0n) is 23.4. The van der Waals surface area contributed by atoms with Crippen LogP contribution >= 0.6 is 0 Å². The Morgan fingerprint density at radius 1 is 0.773 bits per heavy atom. The lowest BCUT2D eigenvalue weighted by Gasteiger charge is -2.25. The maximum absolute atomic E-state index is 13.7. The van der Waals surface area contributed by atoms with Gasteiger partial charge in [0.2, 0.25) is 17.7 Å². The fraction of sp³-hybridized carbons (Fsp3) is 0.321. The van der Waals surface area contributed by atoms with E-state index < -0.39 is 53.8 Å². The SMILES string of the molecule is NC(CCC(=O)O)C(=O)NC(Cc1cnc[nH]1)C(=O)NC(Cc1c[nH]c2ccccc12)C(=O)NC(Cc1cnc[nH]1)C(=O)O. The molecular weight excluding hydrogens is 574 g/mol. The van der Waals surface area contributed by atoms with Gasteiger partial charge in [-0.05, 0) is 18.1 Å². The topological polar surface area (TPSA) is 261 Å². The first-order valence-electron chi connectivity index (χ1n) is 13.7. The van der Waals surface area contributed by atoms with Crippen LogP contribution in [0.25, 0.3) is 10.9 Å². The Labute approximate surface area is 250 Å². The summed E-state index contributed by atoms with van der Waals surface area (Å²) in [5, 5.41) is 27.2. The lowest BCUT2D eigenvalue weighted by molar-refractivity contribution is -0.142. The second-order valence-electron chi connectivity index (χ2n) is 10.2. The van der Waals surface area contributed by atoms with E-state index in [1.54, 1.807) is 6.20 Å². The first kappa shape index (κ1) is 31.4. The Bertz CT molecular complexity index is 1580. The number of nitrogens with one attached hydrogen (secondary N) is 6. The highest BCUT2D eigenvalue weighted by Gasteiger charge is 2.31. The van der Waals surface area contributed by atoms with E-state index in [9.17, 15) is 29.1 Å². The number of imidazole rings is 2. The highest BCUT2D eigenvalue weighted by atomic mass is 16.4. The fourth-order valence-corrected chi connectivity index (χ4v) is 4.60. The number of aromatic amines is 3. The average molecular weight is 608 g/mol. The van der Waals surface area contributed by atoms with Crippen molar-refractivity contribution in [1.82, 2.24) is 40.9 Å². The Hall–Kier alpha value is -5.51. The zero-order chi connectivity index (χ0) is 31.6. The van der Waals surface area contributed by atoms with Gasteiger partial charge in [0.15, 0.2) is 0 Å². The molecule has 0 radical (unpaired) electrons. The number of fused-ring (bicyclic) bond motifs is 1. The van der Waals surface area contributed by atoms with Gasteiger partial charge in [-0.2, -0.15) is 0 Å². The second-order valence-corrected chi connectivity index (χ2v) is 10.2. The van der Waals surface area contributed by atoms with Crippen LogP contribution in [0.1, 0.15) is 29.8 Å². The Kier molecular flexibility index (Phi) is 10.4. The summed E-state index contributed by atoms with van der Waals surface area (Å²) in [6.07, 6.45) is 6.73. The Balaban J connectivity index is 1.57. The summed E-state index contributed by atoms with van der Waals surface area (Å²) in [7, 11) is 0. The number of carbonyl (C=O) groups excluding carboxylic acids is 3. The molecule has 0 aliphatic rings. The molecule has 1 aromatic carbocycles. The van der Waals surface area contributed by atoms with Crippen molar-refractivity contribution in [1.29, 1.82) is 0 Å². The standard InChI is InChI=1S/C28H33N9O7/c29-19(5-6-24(38)39)25(40)35-22(8-16-11-30-13-33-16)27(42)36-21(7-15-10-32-20-4-2-1-3-18(15)20)26(41)37-23(28(43)44)9-17-12-31-14-34-17/h1-4,10-14,19,21-23,32H,5-9,29H2,(H,30,33)(H,31,34)(H,35,40)(H,36,42)(H,37,41)(H,38,39)(H,43,44). The molecule has 0 saturated heterocycles. The molecule has 0 aliphatic heterocycles. The van der Waals surface area contributed by atoms with E-state index in [4.69, 9.17) is 10.8 Å². The number of aromatic nitrogens is 5. The van der Waals surface area contributed by atoms with Crippen molar-refractivity contribution < 1.29 is 34.2 Å². The van der Waals surface area contributed by atoms with Crippen molar-refractivity contribution in [2.45, 2.75) is 56.3 Å². The minimum Gasteiger partial charge on any atom is -0.481 e. The highest BCUT2D eigenvalue weighted by Crippen LogP contribution is 2.19. The molecule has 4 unspecified atom stereocenters. The van der Waals surface area contributed by atoms with Gasteiger partial charge in [0.25, 0.3) is 0 Å². The minimum atomic E-state index is -1.34. The largest absolute Gasteiger partial charge is 0.481 e. The maximum Gasteiger partial charge on any atom is 0.326 e. The van der Waals surface area contributed by atoms with Crippen LogP contribution in [-0.2, 0) is 43.2 Å². The normalized spacial score (nSPS) is 13.8. The molecule has 3 heterocycles. The number of carboxylic acids is 2. The molecule has 0 aliphatic carbocycles. The van der Waals surface area contributed by atoms with Crippen molar-refractivity contribution >= 4 is 40.6 Å². The van der Waals surface area contributed by atoms with Crippen molar-refractivity contribution in [3.8, 4) is 0 Å². The van der Waals surface area contributed by atoms with E-state index >= 15 is 0 Å². The number of aliphatic carboxylic acids is 2. The summed E-state index contributed by atoms with van der Waals surface area (Å²) in [4.78, 5) is 79.6. The summed E-state index contributed by atoms with van der Waals surface area (Å²) in [6.45, 7) is 0. The Morgan fingerprint density at radius 3 is 1.93 bits per heavy atom. The van der Waals surface area contributed by atoms with Gasteiger partial charge in [0.1, 0.15) is 18.1 Å². The number of hydrogen-bond acceptors (Lipinski definition) is 8. The molecule has 44 heavy (non-hydrogen) atoms. The third-order valence-corrected chi connectivity index (χ3v) is 6.94. The number of H-pyrrole nitrogens is 3. The van der Waals surface area contributed by atoms with Crippen molar-refractivity contribution in [3.05, 3.63) is 72.5 Å². The zero-order valence-corrected chi connectivity index (χ0v) is 23.4. The van der Waals surface area contributed by atoms with Gasteiger partial charge >= 0.3 is 11.9 Å². The first-order chi connectivity index (χ1) is 21.1. The summed E-state index contributed by atoms with van der Waals surface area (Å²) < 4.78 is 0. The second kappa shape index (κ2) is 14.6. The van der Waals surface area contributed by atoms with Gasteiger partial charge in [-0.1, -0.05) is 18.2 Å². The van der Waals surface area contributed by atoms with Gasteiger partial charge in [-0.3, -0.25) is 19.2 Å². The number of benzene rings is 1. The van der Waals surface area contributed by atoms with Gasteiger partial charge < -0.3 is 46.8 Å². The van der Waals surface area contributed by atoms with Gasteiger partial charge in [0.05, 0.1) is 18.7 Å². The molecule has 16 heteroatoms. The number of amides is 3. The summed E-state index contributed by atoms with van der Waals surface area (Å²) in [5.74, 6) is -4.68. The number of carboxylic acid groups (broad SMARTS) is 2. The van der Waals surface area contributed by atoms with Crippen LogP contribution in [0, 0.1) is 0 Å². The molecule has 4 atom stereocenters. The number of carbonyl (C=O) groups is 5. The molecule has 3 amide bonds. The Morgan fingerprint density at radius 2 is 1.34 bits per heavy atom. The van der Waals surface area contributed by atoms with Crippen molar-refractivity contribution in [2.75, 3.05) is 0 Å². The lowest BCUT2D eigenvalue weighted by Crippen LogP contribution is -2.58. The van der Waals surface area contributed by atoms with Crippen molar-refractivity contribution in [3.63, 3.8) is 0 Å². The number of hydrogen-bond donors (Lipinski definition) is 9. The van der Waals surface area contributed by atoms with Crippen molar-refractivity contribution in [2.24, 2.45) is 5.73 Å². The summed E-state index contributed by atoms with van der Waals surface area (Å²) in [6, 6.07) is 2.32. The molecule has 0 saturated carbocycles. The number of para-hydroxylation sites is 1. The van der Waals surface area contributed by atoms with E-state index in [-0.39, 0.29) is 32.1 Å². The van der Waals surface area contributed by atoms with Crippen LogP contribution in [-0.4, -0.2) is 89.0 Å². The predicted octanol–water partition coefficient (Wildman–Crippen LogP) is -0.627. The first-order valence-corrected chi connectivity index (χ1v) is 13.7. The van der Waals surface area contributed by atoms with E-state index in [0.29, 0.717) is 17.0 Å². The number of nitrogens with two attached hydrogens (primary N) is 1. The van der Waals surface area contributed by atoms with Gasteiger partial charge in [0, 0.05) is 66.6 Å². The van der Waals surface area contributed by atoms with E-state index in [2.05, 4.69) is 40.9 Å². The molecule has 4 aromatic rings. The molecule has 232 valence electrons. The molecule has 3 aromatic heterocycles. The highest BCUT2D eigenvalue weighted by molar-refractivity contribution is 5.95. The smallest absolute Gasteiger partial charge is 0.326 e. The minimum absolute atomic E-state index is 0.0131. The van der Waals surface area contributed by atoms with Gasteiger partial charge in [-0.25, -0.2) is 14.8 Å². The molecule has 0 bridgehead atoms. The summed E-state index contributed by atoms with van der Waals surface area (Å²) >= 11 is 0. The van der Waals surface area contributed by atoms with Crippen LogP contribution in [0.5, 0.6) is 0 Å². The third-order valence-electron chi connectivity index (χ3n) is 6.94. The van der Waals surface area contributed by atoms with Crippen LogP contribution in [0.3, 0.4) is 0 Å². The van der Waals surface area contributed by atoms with Crippen LogP contribution in [0.4, 0.5) is 0 Å². The average Bonchev–Trinajstić information content (AvgIpc) is 3.78. The van der Waals surface area contributed by atoms with Crippen LogP contribution < -0.4 is 21.7 Å². The lowest BCUT2D eigenvalue weighted by atomic mass is 10.0. The molecule has 0 spiro atoms. The predicted molar refractivity (Wildman–Crippen MR) is 155 cm³/mol. The quantitative estimate of drug-likeness (QED) is 0.0779. The van der Waals surface area contributed by atoms with E-state index in [0.717, 1.165) is 10.9 Å². The molecule has 4 rings (SSSR count). The van der Waals surface area contributed by atoms with Gasteiger partial charge in [-0.15, -0.1) is 0 Å². The number of nitrogens with zero attached hydrogens (tertiary/aromatic N) is 2. The molecule has 16 nitrogen and oxygen atoms in total. The monoisotopic (exact) mass is 607 g/mol. The summed E-state index contributed by atoms with van der Waals surface area (Å²) in [5.41, 5.74) is 8.32. The third kappa shape index (κ3) is 8.51. The number of rotatable bonds is 16. The van der Waals surface area contributed by atoms with Crippen LogP contribution in [0.2, 0.25) is 0 Å². The van der Waals surface area contributed by atoms with E-state index in [1.165, 1.54) is 25.0 Å². The molecule has 10 N–H and O–H groups in total. The van der Waals surface area contributed by atoms with Crippen LogP contribution in [0.15, 0.2) is 55.5 Å². The molecule has 0 fully saturated rings. The molecular formula is C28H33N9O7.